The normalized spacial score (nSPS) is 24.9. The summed E-state index contributed by atoms with van der Waals surface area (Å²) in [6, 6.07) is 16.4. The molecule has 3 aromatic rings. The molecule has 1 saturated carbocycles. The summed E-state index contributed by atoms with van der Waals surface area (Å²) in [6.45, 7) is 2.56. The zero-order chi connectivity index (χ0) is 29.9. The second-order valence-corrected chi connectivity index (χ2v) is 12.6. The van der Waals surface area contributed by atoms with Crippen LogP contribution in [0.5, 0.6) is 0 Å². The molecule has 0 unspecified atom stereocenters. The summed E-state index contributed by atoms with van der Waals surface area (Å²) < 4.78 is 21.2. The van der Waals surface area contributed by atoms with Gasteiger partial charge in [0.2, 0.25) is 11.8 Å². The van der Waals surface area contributed by atoms with Gasteiger partial charge in [-0.05, 0) is 89.6 Å². The molecule has 3 aromatic carbocycles. The largest absolute Gasteiger partial charge is 0.465 e. The number of rotatable bonds is 6. The number of benzene rings is 3. The van der Waals surface area contributed by atoms with Crippen LogP contribution in [-0.4, -0.2) is 49.4 Å². The van der Waals surface area contributed by atoms with E-state index in [1.807, 2.05) is 13.0 Å². The van der Waals surface area contributed by atoms with Gasteiger partial charge in [0.25, 0.3) is 0 Å². The Bertz CT molecular complexity index is 1600. The summed E-state index contributed by atoms with van der Waals surface area (Å²) in [5.41, 5.74) is 1.14. The van der Waals surface area contributed by atoms with Gasteiger partial charge in [-0.15, -0.1) is 0 Å². The number of nitrogens with zero attached hydrogens (tertiary/aromatic N) is 2. The molecule has 1 aliphatic carbocycles. The molecular weight excluding hydrogens is 625 g/mol. The van der Waals surface area contributed by atoms with Crippen LogP contribution in [0.2, 0.25) is 5.02 Å². The number of amides is 2. The molecule has 1 N–H and O–H groups in total. The average Bonchev–Trinajstić information content (AvgIpc) is 3.72. The molecule has 2 amide bonds. The number of ether oxygens (including phenoxy) is 1. The van der Waals surface area contributed by atoms with Crippen molar-refractivity contribution in [1.29, 1.82) is 0 Å². The van der Waals surface area contributed by atoms with E-state index >= 15 is 4.39 Å². The molecule has 0 aromatic heterocycles. The van der Waals surface area contributed by atoms with E-state index in [4.69, 9.17) is 16.3 Å². The highest BCUT2D eigenvalue weighted by Crippen LogP contribution is 2.61. The van der Waals surface area contributed by atoms with E-state index in [-0.39, 0.29) is 16.3 Å². The lowest BCUT2D eigenvalue weighted by Gasteiger charge is -2.39. The van der Waals surface area contributed by atoms with Crippen LogP contribution in [0.25, 0.3) is 0 Å². The number of fused-ring (bicyclic) bond motifs is 2. The molecule has 218 valence electrons. The lowest BCUT2D eigenvalue weighted by atomic mass is 9.70. The van der Waals surface area contributed by atoms with Crippen LogP contribution < -0.4 is 10.2 Å². The summed E-state index contributed by atoms with van der Waals surface area (Å²) in [7, 11) is 2.97. The van der Waals surface area contributed by atoms with Crippen LogP contribution in [0.3, 0.4) is 0 Å². The maximum atomic E-state index is 16.1. The molecule has 42 heavy (non-hydrogen) atoms. The summed E-state index contributed by atoms with van der Waals surface area (Å²) >= 11 is 9.67. The Balaban J connectivity index is 1.53. The number of carbonyl (C=O) groups is 3. The first-order valence-electron chi connectivity index (χ1n) is 13.9. The minimum atomic E-state index is -1.33. The maximum absolute atomic E-state index is 16.1. The predicted octanol–water partition coefficient (Wildman–Crippen LogP) is 6.35. The van der Waals surface area contributed by atoms with Crippen LogP contribution in [0.4, 0.5) is 15.8 Å². The highest BCUT2D eigenvalue weighted by Gasteiger charge is 2.68. The second-order valence-electron chi connectivity index (χ2n) is 11.3. The monoisotopic (exact) mass is 653 g/mol. The lowest BCUT2D eigenvalue weighted by Crippen LogP contribution is -2.52. The zero-order valence-electron chi connectivity index (χ0n) is 23.4. The van der Waals surface area contributed by atoms with Gasteiger partial charge in [0, 0.05) is 47.5 Å². The first kappa shape index (κ1) is 28.8. The molecule has 4 atom stereocenters. The van der Waals surface area contributed by atoms with Crippen molar-refractivity contribution in [2.45, 2.75) is 37.3 Å². The van der Waals surface area contributed by atoms with Crippen molar-refractivity contribution in [2.75, 3.05) is 30.9 Å². The quantitative estimate of drug-likeness (QED) is 0.314. The van der Waals surface area contributed by atoms with Gasteiger partial charge in [-0.25, -0.2) is 9.18 Å². The molecular formula is C32H30BrClFN3O4. The molecule has 0 bridgehead atoms. The third-order valence-electron chi connectivity index (χ3n) is 9.02. The van der Waals surface area contributed by atoms with Crippen LogP contribution in [0.15, 0.2) is 65.1 Å². The molecule has 2 heterocycles. The molecule has 3 aliphatic rings. The van der Waals surface area contributed by atoms with E-state index in [0.717, 1.165) is 12.8 Å². The number of hydrogen-bond acceptors (Lipinski definition) is 5. The van der Waals surface area contributed by atoms with E-state index < -0.39 is 35.2 Å². The van der Waals surface area contributed by atoms with Crippen molar-refractivity contribution in [1.82, 2.24) is 4.90 Å². The Hall–Kier alpha value is -3.27. The third-order valence-corrected chi connectivity index (χ3v) is 9.87. The fraction of sp³-hybridized carbons (Fsp3) is 0.344. The van der Waals surface area contributed by atoms with Crippen LogP contribution in [-0.2, 0) is 19.9 Å². The van der Waals surface area contributed by atoms with Crippen molar-refractivity contribution in [3.63, 3.8) is 0 Å². The molecule has 2 aliphatic heterocycles. The SMILES string of the molecule is COC(=O)c1ccc(N(C)C(=O)[C@@H]2[C@H](C)N(CC3CC3)[C@@]3(C(=O)Nc4cc(Cl)ccc43)[C@H]2c2cccc(Br)c2F)cc1. The number of nitrogens with one attached hydrogen (secondary N) is 1. The van der Waals surface area contributed by atoms with Crippen molar-refractivity contribution in [2.24, 2.45) is 11.8 Å². The maximum Gasteiger partial charge on any atom is 0.337 e. The third kappa shape index (κ3) is 4.44. The minimum Gasteiger partial charge on any atom is -0.465 e. The van der Waals surface area contributed by atoms with Crippen molar-refractivity contribution in [3.8, 4) is 0 Å². The number of anilines is 2. The number of hydrogen-bond donors (Lipinski definition) is 1. The summed E-state index contributed by atoms with van der Waals surface area (Å²) in [5, 5.41) is 3.49. The van der Waals surface area contributed by atoms with Crippen LogP contribution in [0, 0.1) is 17.7 Å². The molecule has 0 radical (unpaired) electrons. The molecule has 6 rings (SSSR count). The number of esters is 1. The highest BCUT2D eigenvalue weighted by molar-refractivity contribution is 9.10. The Morgan fingerprint density at radius 3 is 2.55 bits per heavy atom. The highest BCUT2D eigenvalue weighted by atomic mass is 79.9. The topological polar surface area (TPSA) is 79.0 Å². The fourth-order valence-electron chi connectivity index (χ4n) is 6.82. The average molecular weight is 655 g/mol. The molecule has 1 saturated heterocycles. The first-order chi connectivity index (χ1) is 20.1. The van der Waals surface area contributed by atoms with Gasteiger partial charge >= 0.3 is 5.97 Å². The van der Waals surface area contributed by atoms with E-state index in [9.17, 15) is 14.4 Å². The Kier molecular flexibility index (Phi) is 7.40. The first-order valence-corrected chi connectivity index (χ1v) is 15.0. The standard InChI is InChI=1S/C32H30BrClFN3O4/c1-17-26(29(39)37(2)21-12-9-19(10-13-21)30(40)42-3)27(22-5-4-6-24(33)28(22)35)32(38(17)16-18-7-8-18)23-14-11-20(34)15-25(23)36-31(32)41/h4-6,9-15,17-18,26-27H,7-8,16H2,1-3H3,(H,36,41)/t17-,26+,27-,32+/m0/s1. The van der Waals surface area contributed by atoms with Crippen molar-refractivity contribution in [3.05, 3.63) is 92.7 Å². The lowest BCUT2D eigenvalue weighted by molar-refractivity contribution is -0.127. The number of halogens is 3. The number of carbonyl (C=O) groups excluding carboxylic acids is 3. The minimum absolute atomic E-state index is 0.259. The summed E-state index contributed by atoms with van der Waals surface area (Å²) in [4.78, 5) is 44.6. The Morgan fingerprint density at radius 1 is 1.17 bits per heavy atom. The molecule has 2 fully saturated rings. The van der Waals surface area contributed by atoms with E-state index in [1.54, 1.807) is 61.6 Å². The second kappa shape index (κ2) is 10.8. The molecule has 10 heteroatoms. The number of methoxy groups -OCH3 is 1. The van der Waals surface area contributed by atoms with Gasteiger partial charge in [0.15, 0.2) is 0 Å². The molecule has 1 spiro atoms. The fourth-order valence-corrected chi connectivity index (χ4v) is 7.38. The van der Waals surface area contributed by atoms with Crippen molar-refractivity contribution >= 4 is 56.7 Å². The zero-order valence-corrected chi connectivity index (χ0v) is 25.7. The van der Waals surface area contributed by atoms with Gasteiger partial charge in [0.1, 0.15) is 11.4 Å². The summed E-state index contributed by atoms with van der Waals surface area (Å²) in [5.74, 6) is -2.78. The molecule has 7 nitrogen and oxygen atoms in total. The predicted molar refractivity (Wildman–Crippen MR) is 162 cm³/mol. The smallest absolute Gasteiger partial charge is 0.337 e. The van der Waals surface area contributed by atoms with Crippen molar-refractivity contribution < 1.29 is 23.5 Å². The van der Waals surface area contributed by atoms with Gasteiger partial charge in [0.05, 0.1) is 23.1 Å². The number of likely N-dealkylation sites (tertiary alicyclic amines) is 1. The van der Waals surface area contributed by atoms with E-state index in [1.165, 1.54) is 12.0 Å². The van der Waals surface area contributed by atoms with E-state index in [2.05, 4.69) is 26.1 Å². The Labute approximate surface area is 257 Å². The van der Waals surface area contributed by atoms with Crippen LogP contribution in [0.1, 0.15) is 47.2 Å². The van der Waals surface area contributed by atoms with E-state index in [0.29, 0.717) is 45.6 Å². The van der Waals surface area contributed by atoms with Gasteiger partial charge in [-0.1, -0.05) is 29.8 Å². The summed E-state index contributed by atoms with van der Waals surface area (Å²) in [6.07, 6.45) is 2.07. The Morgan fingerprint density at radius 2 is 1.88 bits per heavy atom. The van der Waals surface area contributed by atoms with Gasteiger partial charge in [-0.2, -0.15) is 0 Å². The van der Waals surface area contributed by atoms with Crippen LogP contribution >= 0.6 is 27.5 Å². The van der Waals surface area contributed by atoms with Gasteiger partial charge in [-0.3, -0.25) is 14.5 Å². The van der Waals surface area contributed by atoms with Gasteiger partial charge < -0.3 is 15.0 Å².